The first-order valence-corrected chi connectivity index (χ1v) is 18.6. The fourth-order valence-corrected chi connectivity index (χ4v) is 7.62. The molecular weight excluding hydrogens is 667 g/mol. The van der Waals surface area contributed by atoms with Gasteiger partial charge in [0.1, 0.15) is 0 Å². The third-order valence-corrected chi connectivity index (χ3v) is 10.5. The highest BCUT2D eigenvalue weighted by molar-refractivity contribution is 5.94. The summed E-state index contributed by atoms with van der Waals surface area (Å²) in [5, 5.41) is 4.98. The molecule has 55 heavy (non-hydrogen) atoms. The summed E-state index contributed by atoms with van der Waals surface area (Å²) in [5.41, 5.74) is 13.9. The number of pyridine rings is 2. The molecule has 0 N–H and O–H groups in total. The molecule has 3 nitrogen and oxygen atoms in total. The van der Waals surface area contributed by atoms with Crippen molar-refractivity contribution in [2.24, 2.45) is 0 Å². The van der Waals surface area contributed by atoms with E-state index in [0.717, 1.165) is 50.5 Å². The summed E-state index contributed by atoms with van der Waals surface area (Å²) in [7, 11) is 0. The summed E-state index contributed by atoms with van der Waals surface area (Å²) in [6, 6.07) is 73.5. The molecule has 0 unspecified atom stereocenters. The number of anilines is 3. The molecule has 0 atom stereocenters. The van der Waals surface area contributed by atoms with Gasteiger partial charge in [0.2, 0.25) is 0 Å². The maximum Gasteiger partial charge on any atom is 0.0965 e. The van der Waals surface area contributed by atoms with Crippen molar-refractivity contribution in [3.8, 4) is 44.6 Å². The van der Waals surface area contributed by atoms with Crippen LogP contribution in [0.1, 0.15) is 0 Å². The summed E-state index contributed by atoms with van der Waals surface area (Å²) in [6.45, 7) is 0. The molecule has 0 amide bonds. The summed E-state index contributed by atoms with van der Waals surface area (Å²) >= 11 is 0. The zero-order valence-corrected chi connectivity index (χ0v) is 30.0. The second kappa shape index (κ2) is 13.9. The van der Waals surface area contributed by atoms with E-state index in [0.29, 0.717) is 0 Å². The van der Waals surface area contributed by atoms with E-state index in [1.54, 1.807) is 0 Å². The van der Waals surface area contributed by atoms with E-state index < -0.39 is 0 Å². The molecule has 2 heterocycles. The molecule has 8 aromatic carbocycles. The Morgan fingerprint density at radius 3 is 1.35 bits per heavy atom. The van der Waals surface area contributed by atoms with Crippen LogP contribution in [0, 0.1) is 0 Å². The Morgan fingerprint density at radius 1 is 0.327 bits per heavy atom. The Labute approximate surface area is 320 Å². The first kappa shape index (κ1) is 32.3. The van der Waals surface area contributed by atoms with E-state index in [2.05, 4.69) is 193 Å². The van der Waals surface area contributed by atoms with Crippen LogP contribution in [0.5, 0.6) is 0 Å². The highest BCUT2D eigenvalue weighted by Crippen LogP contribution is 2.39. The molecule has 3 heteroatoms. The second-order valence-electron chi connectivity index (χ2n) is 13.9. The molecule has 0 aliphatic heterocycles. The van der Waals surface area contributed by atoms with Crippen molar-refractivity contribution in [2.75, 3.05) is 4.90 Å². The number of aromatic nitrogens is 2. The lowest BCUT2D eigenvalue weighted by Gasteiger charge is -2.26. The van der Waals surface area contributed by atoms with Gasteiger partial charge in [-0.15, -0.1) is 0 Å². The largest absolute Gasteiger partial charge is 0.311 e. The summed E-state index contributed by atoms with van der Waals surface area (Å²) in [5.74, 6) is 0. The average molecular weight is 702 g/mol. The number of nitrogens with zero attached hydrogens (tertiary/aromatic N) is 3. The number of benzene rings is 8. The fraction of sp³-hybridized carbons (Fsp3) is 0. The molecule has 0 fully saturated rings. The SMILES string of the molecule is c1ccc(-c2cc(-c3ccc(N(c4ccc(-c5ccc6ccccc6c5)cc4)c4ccc(-c5ccc6ccccc6c5)cc4)cc3)nc3cccnc23)cc1. The van der Waals surface area contributed by atoms with Crippen molar-refractivity contribution < 1.29 is 0 Å². The van der Waals surface area contributed by atoms with E-state index in [9.17, 15) is 0 Å². The highest BCUT2D eigenvalue weighted by atomic mass is 15.1. The minimum atomic E-state index is 0.877. The Hall–Kier alpha value is -7.36. The second-order valence-corrected chi connectivity index (χ2v) is 13.9. The molecule has 10 rings (SSSR count). The predicted octanol–water partition coefficient (Wildman–Crippen LogP) is 14.1. The van der Waals surface area contributed by atoms with Crippen LogP contribution >= 0.6 is 0 Å². The molecule has 0 saturated carbocycles. The molecule has 0 aliphatic rings. The average Bonchev–Trinajstić information content (AvgIpc) is 3.27. The van der Waals surface area contributed by atoms with Crippen molar-refractivity contribution in [3.05, 3.63) is 212 Å². The molecule has 0 saturated heterocycles. The van der Waals surface area contributed by atoms with E-state index >= 15 is 0 Å². The van der Waals surface area contributed by atoms with E-state index in [-0.39, 0.29) is 0 Å². The van der Waals surface area contributed by atoms with Crippen LogP contribution in [0.2, 0.25) is 0 Å². The summed E-state index contributed by atoms with van der Waals surface area (Å²) < 4.78 is 0. The molecule has 0 aliphatic carbocycles. The summed E-state index contributed by atoms with van der Waals surface area (Å²) in [6.07, 6.45) is 1.84. The van der Waals surface area contributed by atoms with Gasteiger partial charge in [-0.1, -0.05) is 140 Å². The van der Waals surface area contributed by atoms with E-state index in [4.69, 9.17) is 9.97 Å². The minimum absolute atomic E-state index is 0.877. The van der Waals surface area contributed by atoms with Gasteiger partial charge in [0.25, 0.3) is 0 Å². The van der Waals surface area contributed by atoms with Crippen LogP contribution in [0.3, 0.4) is 0 Å². The van der Waals surface area contributed by atoms with Crippen molar-refractivity contribution in [1.29, 1.82) is 0 Å². The van der Waals surface area contributed by atoms with Crippen LogP contribution in [0.25, 0.3) is 77.2 Å². The minimum Gasteiger partial charge on any atom is -0.311 e. The third kappa shape index (κ3) is 6.28. The van der Waals surface area contributed by atoms with Gasteiger partial charge in [0.05, 0.1) is 16.7 Å². The highest BCUT2D eigenvalue weighted by Gasteiger charge is 2.16. The fourth-order valence-electron chi connectivity index (χ4n) is 7.62. The molecule has 2 aromatic heterocycles. The first-order chi connectivity index (χ1) is 27.2. The van der Waals surface area contributed by atoms with E-state index in [1.807, 2.05) is 24.4 Å². The number of fused-ring (bicyclic) bond motifs is 3. The van der Waals surface area contributed by atoms with Crippen LogP contribution in [-0.4, -0.2) is 9.97 Å². The molecule has 0 spiro atoms. The molecule has 258 valence electrons. The van der Waals surface area contributed by atoms with Gasteiger partial charge in [0.15, 0.2) is 0 Å². The summed E-state index contributed by atoms with van der Waals surface area (Å²) in [4.78, 5) is 12.1. The van der Waals surface area contributed by atoms with Gasteiger partial charge >= 0.3 is 0 Å². The van der Waals surface area contributed by atoms with Gasteiger partial charge in [-0.05, 0) is 116 Å². The number of hydrogen-bond acceptors (Lipinski definition) is 3. The molecule has 0 bridgehead atoms. The first-order valence-electron chi connectivity index (χ1n) is 18.6. The Morgan fingerprint density at radius 2 is 0.800 bits per heavy atom. The predicted molar refractivity (Wildman–Crippen MR) is 231 cm³/mol. The number of hydrogen-bond donors (Lipinski definition) is 0. The zero-order chi connectivity index (χ0) is 36.6. The maximum absolute atomic E-state index is 5.06. The maximum atomic E-state index is 5.06. The van der Waals surface area contributed by atoms with Crippen LogP contribution in [-0.2, 0) is 0 Å². The monoisotopic (exact) mass is 701 g/mol. The lowest BCUT2D eigenvalue weighted by molar-refractivity contribution is 1.28. The Balaban J connectivity index is 1.03. The van der Waals surface area contributed by atoms with Gasteiger partial charge in [-0.2, -0.15) is 0 Å². The molecular formula is C52H35N3. The van der Waals surface area contributed by atoms with Gasteiger partial charge < -0.3 is 4.90 Å². The molecule has 0 radical (unpaired) electrons. The quantitative estimate of drug-likeness (QED) is 0.166. The van der Waals surface area contributed by atoms with Crippen LogP contribution in [0.4, 0.5) is 17.1 Å². The van der Waals surface area contributed by atoms with Crippen molar-refractivity contribution >= 4 is 49.6 Å². The normalized spacial score (nSPS) is 11.3. The Kier molecular flexibility index (Phi) is 8.16. The topological polar surface area (TPSA) is 29.0 Å². The number of rotatable bonds is 7. The van der Waals surface area contributed by atoms with E-state index in [1.165, 1.54) is 43.8 Å². The third-order valence-electron chi connectivity index (χ3n) is 10.5. The Bertz CT molecular complexity index is 2830. The van der Waals surface area contributed by atoms with Crippen molar-refractivity contribution in [1.82, 2.24) is 9.97 Å². The lowest BCUT2D eigenvalue weighted by Crippen LogP contribution is -2.09. The van der Waals surface area contributed by atoms with Crippen LogP contribution in [0.15, 0.2) is 212 Å². The van der Waals surface area contributed by atoms with Crippen molar-refractivity contribution in [2.45, 2.75) is 0 Å². The molecule has 10 aromatic rings. The van der Waals surface area contributed by atoms with Gasteiger partial charge in [0, 0.05) is 34.4 Å². The standard InChI is InChI=1S/C52H35N3/c1-2-11-40(12-3-1)49-35-51(54-50-15-8-32-53-52(49)50)41-24-30-48(31-25-41)55(46-26-20-38(21-27-46)44-18-16-36-9-4-6-13-42(36)33-44)47-28-22-39(23-29-47)45-19-17-37-10-5-7-14-43(37)34-45/h1-35H. The van der Waals surface area contributed by atoms with Gasteiger partial charge in [-0.3, -0.25) is 4.98 Å². The van der Waals surface area contributed by atoms with Crippen LogP contribution < -0.4 is 4.90 Å². The smallest absolute Gasteiger partial charge is 0.0965 e. The van der Waals surface area contributed by atoms with Gasteiger partial charge in [-0.25, -0.2) is 4.98 Å². The lowest BCUT2D eigenvalue weighted by atomic mass is 9.99. The zero-order valence-electron chi connectivity index (χ0n) is 30.0. The van der Waals surface area contributed by atoms with Crippen molar-refractivity contribution in [3.63, 3.8) is 0 Å².